The maximum atomic E-state index is 3.53. The van der Waals surface area contributed by atoms with Gasteiger partial charge < -0.3 is 10.2 Å². The number of rotatable bonds is 8. The fourth-order valence-corrected chi connectivity index (χ4v) is 3.89. The van der Waals surface area contributed by atoms with Crippen LogP contribution in [0.2, 0.25) is 0 Å². The third-order valence-corrected chi connectivity index (χ3v) is 4.99. The van der Waals surface area contributed by atoms with Gasteiger partial charge >= 0.3 is 0 Å². The van der Waals surface area contributed by atoms with Crippen LogP contribution >= 0.6 is 0 Å². The summed E-state index contributed by atoms with van der Waals surface area (Å²) in [6.45, 7) is 9.34. The Kier molecular flexibility index (Phi) is 5.50. The van der Waals surface area contributed by atoms with Gasteiger partial charge in [0.05, 0.1) is 0 Å². The average molecular weight is 252 g/mol. The van der Waals surface area contributed by atoms with E-state index >= 15 is 0 Å². The Morgan fingerprint density at radius 3 is 2.61 bits per heavy atom. The topological polar surface area (TPSA) is 15.3 Å². The molecular weight excluding hydrogens is 220 g/mol. The second-order valence-corrected chi connectivity index (χ2v) is 7.12. The highest BCUT2D eigenvalue weighted by Crippen LogP contribution is 2.49. The monoisotopic (exact) mass is 252 g/mol. The number of fused-ring (bicyclic) bond motifs is 2. The van der Waals surface area contributed by atoms with Crippen LogP contribution in [0.15, 0.2) is 0 Å². The van der Waals surface area contributed by atoms with Crippen LogP contribution in [0.5, 0.6) is 0 Å². The summed E-state index contributed by atoms with van der Waals surface area (Å²) in [5, 5.41) is 3.53. The second-order valence-electron chi connectivity index (χ2n) is 7.12. The Balaban J connectivity index is 1.51. The largest absolute Gasteiger partial charge is 0.315 e. The van der Waals surface area contributed by atoms with E-state index < -0.39 is 0 Å². The summed E-state index contributed by atoms with van der Waals surface area (Å²) in [4.78, 5) is 2.51. The molecule has 2 saturated carbocycles. The van der Waals surface area contributed by atoms with Crippen molar-refractivity contribution >= 4 is 0 Å². The van der Waals surface area contributed by atoms with Gasteiger partial charge in [-0.15, -0.1) is 0 Å². The van der Waals surface area contributed by atoms with Crippen molar-refractivity contribution in [1.29, 1.82) is 0 Å². The van der Waals surface area contributed by atoms with E-state index in [0.717, 1.165) is 36.8 Å². The van der Waals surface area contributed by atoms with Crippen molar-refractivity contribution < 1.29 is 0 Å². The molecule has 0 aliphatic heterocycles. The molecule has 2 bridgehead atoms. The summed E-state index contributed by atoms with van der Waals surface area (Å²) in [5.74, 6) is 4.04. The van der Waals surface area contributed by atoms with Gasteiger partial charge in [-0.3, -0.25) is 0 Å². The van der Waals surface area contributed by atoms with E-state index in [1.165, 1.54) is 32.4 Å². The molecule has 3 atom stereocenters. The maximum Gasteiger partial charge on any atom is 0.0104 e. The smallest absolute Gasteiger partial charge is 0.0104 e. The highest BCUT2D eigenvalue weighted by Gasteiger charge is 2.38. The predicted molar refractivity (Wildman–Crippen MR) is 78.8 cm³/mol. The van der Waals surface area contributed by atoms with E-state index in [2.05, 4.69) is 31.1 Å². The van der Waals surface area contributed by atoms with E-state index in [1.807, 2.05) is 0 Å². The lowest BCUT2D eigenvalue weighted by atomic mass is 9.86. The van der Waals surface area contributed by atoms with E-state index in [1.54, 1.807) is 12.8 Å². The number of nitrogens with one attached hydrogen (secondary N) is 1. The van der Waals surface area contributed by atoms with Crippen LogP contribution in [0, 0.1) is 23.7 Å². The molecule has 0 spiro atoms. The summed E-state index contributed by atoms with van der Waals surface area (Å²) < 4.78 is 0. The molecule has 0 amide bonds. The standard InChI is InChI=1S/C16H32N2/c1-13(2)12-17-7-9-18(3)8-6-16-11-14-4-5-15(16)10-14/h13-17H,4-12H2,1-3H3. The van der Waals surface area contributed by atoms with Gasteiger partial charge in [0, 0.05) is 13.1 Å². The van der Waals surface area contributed by atoms with Gasteiger partial charge in [-0.25, -0.2) is 0 Å². The van der Waals surface area contributed by atoms with E-state index in [-0.39, 0.29) is 0 Å². The second kappa shape index (κ2) is 6.91. The van der Waals surface area contributed by atoms with Gasteiger partial charge in [0.1, 0.15) is 0 Å². The Hall–Kier alpha value is -0.0800. The van der Waals surface area contributed by atoms with Crippen LogP contribution in [0.25, 0.3) is 0 Å². The van der Waals surface area contributed by atoms with Gasteiger partial charge in [-0.1, -0.05) is 20.3 Å². The van der Waals surface area contributed by atoms with Gasteiger partial charge in [-0.2, -0.15) is 0 Å². The Bertz CT molecular complexity index is 239. The summed E-state index contributed by atoms with van der Waals surface area (Å²) in [6.07, 6.45) is 7.63. The van der Waals surface area contributed by atoms with Crippen molar-refractivity contribution in [2.75, 3.05) is 33.2 Å². The van der Waals surface area contributed by atoms with Crippen molar-refractivity contribution in [3.8, 4) is 0 Å². The number of hydrogen-bond donors (Lipinski definition) is 1. The fourth-order valence-electron chi connectivity index (χ4n) is 3.89. The highest BCUT2D eigenvalue weighted by atomic mass is 15.1. The molecule has 2 aliphatic rings. The first-order valence-corrected chi connectivity index (χ1v) is 8.04. The summed E-state index contributed by atoms with van der Waals surface area (Å²) in [5.41, 5.74) is 0. The molecule has 0 aromatic rings. The molecule has 1 N–H and O–H groups in total. The highest BCUT2D eigenvalue weighted by molar-refractivity contribution is 4.90. The van der Waals surface area contributed by atoms with Gasteiger partial charge in [-0.05, 0) is 69.5 Å². The maximum absolute atomic E-state index is 3.53. The molecule has 2 fully saturated rings. The number of likely N-dealkylation sites (N-methyl/N-ethyl adjacent to an activating group) is 1. The minimum absolute atomic E-state index is 0.768. The van der Waals surface area contributed by atoms with Crippen molar-refractivity contribution in [3.63, 3.8) is 0 Å². The minimum atomic E-state index is 0.768. The first-order chi connectivity index (χ1) is 8.65. The van der Waals surface area contributed by atoms with Crippen molar-refractivity contribution in [1.82, 2.24) is 10.2 Å². The average Bonchev–Trinajstić information content (AvgIpc) is 2.93. The normalized spacial score (nSPS) is 30.8. The quantitative estimate of drug-likeness (QED) is 0.668. The molecule has 0 saturated heterocycles. The van der Waals surface area contributed by atoms with Crippen molar-refractivity contribution in [3.05, 3.63) is 0 Å². The van der Waals surface area contributed by atoms with Gasteiger partial charge in [0.2, 0.25) is 0 Å². The number of hydrogen-bond acceptors (Lipinski definition) is 2. The molecule has 0 aromatic carbocycles. The molecule has 106 valence electrons. The Morgan fingerprint density at radius 2 is 2.00 bits per heavy atom. The van der Waals surface area contributed by atoms with Crippen molar-refractivity contribution in [2.24, 2.45) is 23.7 Å². The van der Waals surface area contributed by atoms with E-state index in [4.69, 9.17) is 0 Å². The first kappa shape index (κ1) is 14.3. The van der Waals surface area contributed by atoms with Gasteiger partial charge in [0.15, 0.2) is 0 Å². The lowest BCUT2D eigenvalue weighted by Crippen LogP contribution is -2.32. The lowest BCUT2D eigenvalue weighted by Gasteiger charge is -2.24. The third kappa shape index (κ3) is 4.24. The van der Waals surface area contributed by atoms with E-state index in [9.17, 15) is 0 Å². The van der Waals surface area contributed by atoms with Crippen LogP contribution in [-0.2, 0) is 0 Å². The molecule has 0 radical (unpaired) electrons. The predicted octanol–water partition coefficient (Wildman–Crippen LogP) is 2.99. The number of nitrogens with zero attached hydrogens (tertiary/aromatic N) is 1. The first-order valence-electron chi connectivity index (χ1n) is 8.04. The van der Waals surface area contributed by atoms with Crippen LogP contribution in [-0.4, -0.2) is 38.1 Å². The SMILES string of the molecule is CC(C)CNCCN(C)CCC1CC2CCC1C2. The zero-order valence-corrected chi connectivity index (χ0v) is 12.6. The molecule has 3 unspecified atom stereocenters. The molecule has 0 aromatic heterocycles. The van der Waals surface area contributed by atoms with Gasteiger partial charge in [0.25, 0.3) is 0 Å². The molecule has 2 heteroatoms. The van der Waals surface area contributed by atoms with Crippen LogP contribution in [0.4, 0.5) is 0 Å². The van der Waals surface area contributed by atoms with E-state index in [0.29, 0.717) is 0 Å². The summed E-state index contributed by atoms with van der Waals surface area (Å²) in [7, 11) is 2.28. The summed E-state index contributed by atoms with van der Waals surface area (Å²) >= 11 is 0. The molecule has 18 heavy (non-hydrogen) atoms. The zero-order chi connectivity index (χ0) is 13.0. The Labute approximate surface area is 114 Å². The Morgan fingerprint density at radius 1 is 1.17 bits per heavy atom. The van der Waals surface area contributed by atoms with Crippen molar-refractivity contribution in [2.45, 2.75) is 46.0 Å². The lowest BCUT2D eigenvalue weighted by molar-refractivity contribution is 0.251. The molecule has 0 heterocycles. The molecule has 2 aliphatic carbocycles. The molecular formula is C16H32N2. The van der Waals surface area contributed by atoms with Crippen LogP contribution in [0.3, 0.4) is 0 Å². The molecule has 2 rings (SSSR count). The summed E-state index contributed by atoms with van der Waals surface area (Å²) in [6, 6.07) is 0. The molecule has 2 nitrogen and oxygen atoms in total. The third-order valence-electron chi connectivity index (χ3n) is 4.99. The van der Waals surface area contributed by atoms with Crippen LogP contribution in [0.1, 0.15) is 46.0 Å². The zero-order valence-electron chi connectivity index (χ0n) is 12.6. The fraction of sp³-hybridized carbons (Fsp3) is 1.00. The van der Waals surface area contributed by atoms with Crippen LogP contribution < -0.4 is 5.32 Å². The minimum Gasteiger partial charge on any atom is -0.315 e.